The fraction of sp³-hybridized carbons (Fsp3) is 0.269. The van der Waals surface area contributed by atoms with E-state index in [-0.39, 0.29) is 43.1 Å². The molecule has 0 radical (unpaired) electrons. The van der Waals surface area contributed by atoms with Crippen LogP contribution in [0.2, 0.25) is 0 Å². The van der Waals surface area contributed by atoms with Crippen molar-refractivity contribution in [3.63, 3.8) is 0 Å². The molecule has 0 atom stereocenters. The number of nitrogens with zero attached hydrogens (tertiary/aromatic N) is 3. The minimum absolute atomic E-state index is 0. The van der Waals surface area contributed by atoms with Gasteiger partial charge in [0.05, 0.1) is 11.4 Å². The van der Waals surface area contributed by atoms with Crippen LogP contribution in [0.3, 0.4) is 0 Å². The molecular formula is C26H28AlF4LiN4S2. The molecule has 0 aliphatic carbocycles. The predicted molar refractivity (Wildman–Crippen MR) is 148 cm³/mol. The third kappa shape index (κ3) is 8.50. The van der Waals surface area contributed by atoms with Crippen LogP contribution in [-0.4, -0.2) is 33.9 Å². The number of hydrogen-bond acceptors (Lipinski definition) is 5. The number of aromatic nitrogens is 2. The maximum Gasteiger partial charge on any atom is 1.00 e. The Balaban J connectivity index is 0.000000688. The minimum Gasteiger partial charge on any atom is -1.00 e. The van der Waals surface area contributed by atoms with Crippen LogP contribution >= 0.6 is 22.7 Å². The fourth-order valence-electron chi connectivity index (χ4n) is 2.94. The predicted octanol–water partition coefficient (Wildman–Crippen LogP) is 3.50. The Morgan fingerprint density at radius 1 is 0.789 bits per heavy atom. The first kappa shape index (κ1) is 34.0. The van der Waals surface area contributed by atoms with Crippen LogP contribution in [0.4, 0.5) is 17.6 Å². The van der Waals surface area contributed by atoms with Crippen molar-refractivity contribution in [3.8, 4) is 22.5 Å². The summed E-state index contributed by atoms with van der Waals surface area (Å²) in [7, 11) is 0. The molecule has 2 aromatic carbocycles. The monoisotopic (exact) mass is 570 g/mol. The third-order valence-electron chi connectivity index (χ3n) is 5.22. The molecule has 0 fully saturated rings. The molecule has 0 bridgehead atoms. The van der Waals surface area contributed by atoms with Gasteiger partial charge in [0.25, 0.3) is 5.54 Å². The van der Waals surface area contributed by atoms with E-state index < -0.39 is 28.8 Å². The Labute approximate surface area is 252 Å². The molecule has 38 heavy (non-hydrogen) atoms. The maximum absolute atomic E-state index is 13.1. The van der Waals surface area contributed by atoms with Crippen LogP contribution < -0.4 is 24.6 Å². The van der Waals surface area contributed by atoms with Crippen LogP contribution in [0.15, 0.2) is 47.2 Å². The first-order chi connectivity index (χ1) is 16.8. The summed E-state index contributed by atoms with van der Waals surface area (Å²) >= 11 is 2.77. The van der Waals surface area contributed by atoms with E-state index in [1.165, 1.54) is 46.9 Å². The van der Waals surface area contributed by atoms with Crippen molar-refractivity contribution < 1.29 is 37.8 Å². The van der Waals surface area contributed by atoms with Gasteiger partial charge >= 0.3 is 18.9 Å². The number of nitrogens with two attached hydrogens (primary N) is 1. The summed E-state index contributed by atoms with van der Waals surface area (Å²) in [5.74, 6) is -2.47. The van der Waals surface area contributed by atoms with E-state index in [0.717, 1.165) is 17.1 Å². The molecule has 4 nitrogen and oxygen atoms in total. The van der Waals surface area contributed by atoms with Gasteiger partial charge < -0.3 is 12.0 Å². The van der Waals surface area contributed by atoms with Gasteiger partial charge in [0.2, 0.25) is 0 Å². The molecule has 0 unspecified atom stereocenters. The van der Waals surface area contributed by atoms with E-state index in [2.05, 4.69) is 14.8 Å². The topological polar surface area (TPSA) is 56.2 Å². The normalized spacial score (nSPS) is 10.9. The molecule has 0 spiro atoms. The van der Waals surface area contributed by atoms with E-state index in [0.29, 0.717) is 34.1 Å². The number of rotatable bonds is 5. The van der Waals surface area contributed by atoms with E-state index in [9.17, 15) is 17.6 Å². The van der Waals surface area contributed by atoms with Gasteiger partial charge in [0.15, 0.2) is 22.4 Å². The van der Waals surface area contributed by atoms with Crippen LogP contribution in [0.5, 0.6) is 0 Å². The average molecular weight is 571 g/mol. The van der Waals surface area contributed by atoms with Crippen LogP contribution in [0.25, 0.3) is 27.4 Å². The van der Waals surface area contributed by atoms with Crippen molar-refractivity contribution in [2.75, 3.05) is 6.54 Å². The first-order valence-electron chi connectivity index (χ1n) is 10.8. The first-order valence-corrected chi connectivity index (χ1v) is 12.5. The van der Waals surface area contributed by atoms with E-state index in [1.807, 2.05) is 13.8 Å². The maximum atomic E-state index is 13.1. The molecule has 0 aliphatic heterocycles. The molecule has 2 N–H and O–H groups in total. The second kappa shape index (κ2) is 13.9. The summed E-state index contributed by atoms with van der Waals surface area (Å²) in [5.41, 5.74) is 6.64. The molecule has 2 heterocycles. The Morgan fingerprint density at radius 3 is 1.53 bits per heavy atom. The van der Waals surface area contributed by atoms with Crippen molar-refractivity contribution >= 4 is 40.0 Å². The molecule has 4 rings (SSSR count). The van der Waals surface area contributed by atoms with Crippen LogP contribution in [0, 0.1) is 29.8 Å². The molecule has 196 valence electrons. The van der Waals surface area contributed by atoms with Gasteiger partial charge in [-0.05, 0) is 24.3 Å². The molecule has 0 amide bonds. The van der Waals surface area contributed by atoms with Gasteiger partial charge in [0, 0.05) is 59.8 Å². The van der Waals surface area contributed by atoms with Gasteiger partial charge in [-0.1, -0.05) is 13.8 Å². The van der Waals surface area contributed by atoms with Gasteiger partial charge in [-0.25, -0.2) is 34.1 Å². The van der Waals surface area contributed by atoms with E-state index in [1.54, 1.807) is 24.6 Å². The molecule has 4 aromatic rings. The zero-order valence-corrected chi connectivity index (χ0v) is 22.7. The Morgan fingerprint density at radius 2 is 1.16 bits per heavy atom. The summed E-state index contributed by atoms with van der Waals surface area (Å²) in [5, 5.41) is 5.00. The smallest absolute Gasteiger partial charge is 1.00 e. The van der Waals surface area contributed by atoms with Gasteiger partial charge in [0.1, 0.15) is 28.3 Å². The zero-order chi connectivity index (χ0) is 26.7. The molecule has 0 saturated carbocycles. The second-order valence-electron chi connectivity index (χ2n) is 9.15. The quantitative estimate of drug-likeness (QED) is 0.227. The van der Waals surface area contributed by atoms with E-state index in [4.69, 9.17) is 12.3 Å². The van der Waals surface area contributed by atoms with Gasteiger partial charge in [-0.15, -0.1) is 22.7 Å². The Hall–Kier alpha value is -2.00. The summed E-state index contributed by atoms with van der Waals surface area (Å²) in [4.78, 5) is 12.2. The fourth-order valence-corrected chi connectivity index (χ4v) is 4.81. The number of halogens is 4. The Bertz CT molecular complexity index is 1380. The van der Waals surface area contributed by atoms with Crippen molar-refractivity contribution in [3.05, 3.63) is 91.9 Å². The minimum atomic E-state index is -0.714. The van der Waals surface area contributed by atoms with Crippen LogP contribution in [0.1, 0.15) is 39.1 Å². The average Bonchev–Trinajstić information content (AvgIpc) is 3.49. The summed E-state index contributed by atoms with van der Waals surface area (Å²) < 4.78 is 52.5. The molecular weight excluding hydrogens is 542 g/mol. The molecule has 12 heteroatoms. The standard InChI is InChI=1S/C13H10F2N2S.C13H14F2N2S.Al.Li.4H/c1-13(2,16-3)12-17-11(7-18-12)8-4-9(14)6-10(15)5-8;1-13(2,7-16)12-17-11(6-18-12)8-3-9(14)5-10(15)4-8;;;;;;/h4-7H,1-2H3;3-6H,7,16H2,1-2H3;;;;;;/q;;;+1;;;;-1. The number of thiazole rings is 2. The van der Waals surface area contributed by atoms with Gasteiger partial charge in [-0.2, -0.15) is 0 Å². The third-order valence-corrected chi connectivity index (χ3v) is 7.58. The second-order valence-corrected chi connectivity index (χ2v) is 10.9. The van der Waals surface area contributed by atoms with E-state index >= 15 is 0 Å². The SMILES string of the molecule is CC(C)(CN)c1nc(-c2cc(F)cc(F)c2)cs1.[AlH3].[C-]#[N+]C(C)(C)c1nc(-c2cc(F)cc(F)c2)cs1.[H-].[Li+]. The largest absolute Gasteiger partial charge is 1.00 e. The zero-order valence-electron chi connectivity index (χ0n) is 22.1. The molecule has 0 aliphatic rings. The van der Waals surface area contributed by atoms with Crippen molar-refractivity contribution in [2.45, 2.75) is 38.6 Å². The van der Waals surface area contributed by atoms with Crippen molar-refractivity contribution in [1.29, 1.82) is 0 Å². The van der Waals surface area contributed by atoms with Crippen LogP contribution in [-0.2, 0) is 11.0 Å². The summed E-state index contributed by atoms with van der Waals surface area (Å²) in [6.07, 6.45) is 0. The Kier molecular flexibility index (Phi) is 12.4. The molecule has 2 aromatic heterocycles. The molecule has 0 saturated heterocycles. The van der Waals surface area contributed by atoms with Gasteiger partial charge in [-0.3, -0.25) is 0 Å². The van der Waals surface area contributed by atoms with Crippen molar-refractivity contribution in [2.24, 2.45) is 5.73 Å². The van der Waals surface area contributed by atoms with Crippen molar-refractivity contribution in [1.82, 2.24) is 9.97 Å². The summed E-state index contributed by atoms with van der Waals surface area (Å²) in [6, 6.07) is 6.68. The number of hydrogen-bond donors (Lipinski definition) is 1. The summed E-state index contributed by atoms with van der Waals surface area (Å²) in [6.45, 7) is 15.1. The number of benzene rings is 2.